The molecule has 1 heterocycles. The second-order valence-electron chi connectivity index (χ2n) is 5.63. The van der Waals surface area contributed by atoms with Crippen LogP contribution in [-0.4, -0.2) is 25.6 Å². The van der Waals surface area contributed by atoms with Gasteiger partial charge in [-0.25, -0.2) is 18.1 Å². The summed E-state index contributed by atoms with van der Waals surface area (Å²) < 4.78 is 32.8. The van der Waals surface area contributed by atoms with Gasteiger partial charge < -0.3 is 9.84 Å². The van der Waals surface area contributed by atoms with Gasteiger partial charge in [-0.15, -0.1) is 11.3 Å². The first-order valence-corrected chi connectivity index (χ1v) is 10.1. The maximum absolute atomic E-state index is 12.5. The lowest BCUT2D eigenvalue weighted by Crippen LogP contribution is -2.24. The molecule has 136 valence electrons. The molecule has 26 heavy (non-hydrogen) atoms. The molecule has 2 N–H and O–H groups in total. The first-order chi connectivity index (χ1) is 12.4. The van der Waals surface area contributed by atoms with E-state index in [9.17, 15) is 13.5 Å². The number of sulfonamides is 1. The van der Waals surface area contributed by atoms with E-state index < -0.39 is 10.0 Å². The predicted molar refractivity (Wildman–Crippen MR) is 101 cm³/mol. The fourth-order valence-electron chi connectivity index (χ4n) is 2.44. The van der Waals surface area contributed by atoms with E-state index in [0.29, 0.717) is 16.3 Å². The average molecular weight is 390 g/mol. The van der Waals surface area contributed by atoms with Gasteiger partial charge in [0.25, 0.3) is 0 Å². The number of thiazole rings is 1. The molecule has 3 rings (SSSR count). The van der Waals surface area contributed by atoms with E-state index in [1.54, 1.807) is 43.3 Å². The average Bonchev–Trinajstić information content (AvgIpc) is 3.09. The quantitative estimate of drug-likeness (QED) is 0.674. The number of aryl methyl sites for hydroxylation is 1. The summed E-state index contributed by atoms with van der Waals surface area (Å²) in [6, 6.07) is 11.5. The lowest BCUT2D eigenvalue weighted by molar-refractivity contribution is 0.414. The highest BCUT2D eigenvalue weighted by molar-refractivity contribution is 7.89. The number of aromatic nitrogens is 1. The fraction of sp³-hybridized carbons (Fsp3) is 0.167. The first kappa shape index (κ1) is 18.4. The summed E-state index contributed by atoms with van der Waals surface area (Å²) in [7, 11) is -2.11. The van der Waals surface area contributed by atoms with Crippen LogP contribution in [0.4, 0.5) is 0 Å². The molecule has 0 fully saturated rings. The molecule has 0 bridgehead atoms. The summed E-state index contributed by atoms with van der Waals surface area (Å²) in [5, 5.41) is 11.9. The Kier molecular flexibility index (Phi) is 5.26. The van der Waals surface area contributed by atoms with Gasteiger partial charge in [0, 0.05) is 10.9 Å². The van der Waals surface area contributed by atoms with Crippen molar-refractivity contribution in [3.8, 4) is 22.8 Å². The van der Waals surface area contributed by atoms with Crippen molar-refractivity contribution < 1.29 is 18.3 Å². The van der Waals surface area contributed by atoms with E-state index >= 15 is 0 Å². The Balaban J connectivity index is 1.73. The number of rotatable bonds is 6. The number of phenols is 1. The highest BCUT2D eigenvalue weighted by atomic mass is 32.2. The summed E-state index contributed by atoms with van der Waals surface area (Å²) >= 11 is 1.37. The van der Waals surface area contributed by atoms with Crippen molar-refractivity contribution in [3.63, 3.8) is 0 Å². The van der Waals surface area contributed by atoms with Crippen LogP contribution >= 0.6 is 11.3 Å². The van der Waals surface area contributed by atoms with Crippen molar-refractivity contribution in [2.24, 2.45) is 0 Å². The summed E-state index contributed by atoms with van der Waals surface area (Å²) in [5.41, 5.74) is 2.21. The molecular weight excluding hydrogens is 372 g/mol. The second kappa shape index (κ2) is 7.45. The number of benzene rings is 2. The van der Waals surface area contributed by atoms with E-state index in [-0.39, 0.29) is 17.2 Å². The molecule has 0 aliphatic heterocycles. The number of nitrogens with zero attached hydrogens (tertiary/aromatic N) is 1. The van der Waals surface area contributed by atoms with Crippen LogP contribution in [0.5, 0.6) is 11.5 Å². The molecule has 0 atom stereocenters. The molecule has 0 saturated carbocycles. The number of hydrogen-bond donors (Lipinski definition) is 2. The van der Waals surface area contributed by atoms with E-state index in [1.807, 2.05) is 5.38 Å². The Bertz CT molecular complexity index is 1010. The normalized spacial score (nSPS) is 11.5. The molecule has 0 saturated heterocycles. The standard InChI is InChI=1S/C18H18N2O4S2/c1-12-9-15(24-2)7-8-17(12)26(22,23)19-10-18-20-16(11-25-18)13-3-5-14(21)6-4-13/h3-9,11,19,21H,10H2,1-2H3. The number of aromatic hydroxyl groups is 1. The number of ether oxygens (including phenoxy) is 1. The van der Waals surface area contributed by atoms with E-state index in [0.717, 1.165) is 11.3 Å². The van der Waals surface area contributed by atoms with Crippen LogP contribution in [-0.2, 0) is 16.6 Å². The molecule has 3 aromatic rings. The van der Waals surface area contributed by atoms with Crippen LogP contribution < -0.4 is 9.46 Å². The molecule has 0 aliphatic carbocycles. The molecule has 0 radical (unpaired) electrons. The van der Waals surface area contributed by atoms with Gasteiger partial charge in [0.05, 0.1) is 24.2 Å². The minimum absolute atomic E-state index is 0.108. The predicted octanol–water partition coefficient (Wildman–Crippen LogP) is 3.31. The van der Waals surface area contributed by atoms with Gasteiger partial charge in [0.1, 0.15) is 16.5 Å². The maximum atomic E-state index is 12.5. The van der Waals surface area contributed by atoms with Gasteiger partial charge in [0.2, 0.25) is 10.0 Å². The van der Waals surface area contributed by atoms with Crippen molar-refractivity contribution in [1.82, 2.24) is 9.71 Å². The summed E-state index contributed by atoms with van der Waals surface area (Å²) in [4.78, 5) is 4.66. The molecule has 0 spiro atoms. The van der Waals surface area contributed by atoms with Crippen molar-refractivity contribution in [2.45, 2.75) is 18.4 Å². The number of nitrogens with one attached hydrogen (secondary N) is 1. The van der Waals surface area contributed by atoms with Crippen LogP contribution in [0.15, 0.2) is 52.7 Å². The first-order valence-electron chi connectivity index (χ1n) is 7.77. The monoisotopic (exact) mass is 390 g/mol. The molecule has 1 aromatic heterocycles. The Hall–Kier alpha value is -2.42. The molecular formula is C18H18N2O4S2. The maximum Gasteiger partial charge on any atom is 0.241 e. The van der Waals surface area contributed by atoms with E-state index in [4.69, 9.17) is 4.74 Å². The van der Waals surface area contributed by atoms with Crippen molar-refractivity contribution >= 4 is 21.4 Å². The van der Waals surface area contributed by atoms with Crippen molar-refractivity contribution in [3.05, 3.63) is 58.4 Å². The minimum atomic E-state index is -3.65. The lowest BCUT2D eigenvalue weighted by atomic mass is 10.2. The molecule has 0 amide bonds. The van der Waals surface area contributed by atoms with Gasteiger partial charge in [-0.2, -0.15) is 0 Å². The third-order valence-corrected chi connectivity index (χ3v) is 6.21. The van der Waals surface area contributed by atoms with Gasteiger partial charge in [0.15, 0.2) is 0 Å². The number of hydrogen-bond acceptors (Lipinski definition) is 6. The summed E-state index contributed by atoms with van der Waals surface area (Å²) in [6.07, 6.45) is 0. The highest BCUT2D eigenvalue weighted by Gasteiger charge is 2.18. The van der Waals surface area contributed by atoms with Crippen molar-refractivity contribution in [2.75, 3.05) is 7.11 Å². The Morgan fingerprint density at radius 1 is 1.19 bits per heavy atom. The molecule has 8 heteroatoms. The third kappa shape index (κ3) is 4.04. The third-order valence-electron chi connectivity index (χ3n) is 3.80. The van der Waals surface area contributed by atoms with Crippen LogP contribution in [0.3, 0.4) is 0 Å². The Morgan fingerprint density at radius 3 is 2.58 bits per heavy atom. The zero-order valence-electron chi connectivity index (χ0n) is 14.3. The van der Waals surface area contributed by atoms with Gasteiger partial charge in [-0.05, 0) is 55.0 Å². The topological polar surface area (TPSA) is 88.5 Å². The van der Waals surface area contributed by atoms with Crippen LogP contribution in [0.1, 0.15) is 10.6 Å². The zero-order valence-corrected chi connectivity index (χ0v) is 15.9. The van der Waals surface area contributed by atoms with Gasteiger partial charge in [-0.3, -0.25) is 0 Å². The van der Waals surface area contributed by atoms with E-state index in [2.05, 4.69) is 9.71 Å². The molecule has 0 unspecified atom stereocenters. The van der Waals surface area contributed by atoms with Crippen LogP contribution in [0.25, 0.3) is 11.3 Å². The Labute approximate surface area is 156 Å². The zero-order chi connectivity index (χ0) is 18.7. The minimum Gasteiger partial charge on any atom is -0.508 e. The Morgan fingerprint density at radius 2 is 1.92 bits per heavy atom. The lowest BCUT2D eigenvalue weighted by Gasteiger charge is -2.09. The largest absolute Gasteiger partial charge is 0.508 e. The highest BCUT2D eigenvalue weighted by Crippen LogP contribution is 2.25. The van der Waals surface area contributed by atoms with Crippen LogP contribution in [0.2, 0.25) is 0 Å². The summed E-state index contributed by atoms with van der Waals surface area (Å²) in [5.74, 6) is 0.798. The van der Waals surface area contributed by atoms with Gasteiger partial charge in [-0.1, -0.05) is 0 Å². The molecule has 0 aliphatic rings. The molecule has 6 nitrogen and oxygen atoms in total. The second-order valence-corrected chi connectivity index (χ2v) is 8.31. The van der Waals surface area contributed by atoms with Crippen molar-refractivity contribution in [1.29, 1.82) is 0 Å². The molecule has 2 aromatic carbocycles. The summed E-state index contributed by atoms with van der Waals surface area (Å²) in [6.45, 7) is 1.83. The van der Waals surface area contributed by atoms with Crippen LogP contribution in [0, 0.1) is 6.92 Å². The van der Waals surface area contributed by atoms with Gasteiger partial charge >= 0.3 is 0 Å². The smallest absolute Gasteiger partial charge is 0.241 e. The number of methoxy groups -OCH3 is 1. The van der Waals surface area contributed by atoms with E-state index in [1.165, 1.54) is 24.5 Å². The fourth-order valence-corrected chi connectivity index (χ4v) is 4.49. The SMILES string of the molecule is COc1ccc(S(=O)(=O)NCc2nc(-c3ccc(O)cc3)cs2)c(C)c1. The number of phenolic OH excluding ortho intramolecular Hbond substituents is 1.